The second kappa shape index (κ2) is 10.5. The Hall–Kier alpha value is -2.76. The number of benzene rings is 2. The third-order valence-corrected chi connectivity index (χ3v) is 6.08. The van der Waals surface area contributed by atoms with Crippen molar-refractivity contribution in [2.75, 3.05) is 18.3 Å². The molecule has 0 bridgehead atoms. The van der Waals surface area contributed by atoms with Crippen molar-refractivity contribution in [3.8, 4) is 17.2 Å². The van der Waals surface area contributed by atoms with E-state index in [2.05, 4.69) is 0 Å². The second-order valence-corrected chi connectivity index (χ2v) is 11.3. The molecule has 7 nitrogen and oxygen atoms in total. The number of thioether (sulfide) groups is 1. The van der Waals surface area contributed by atoms with E-state index in [-0.39, 0.29) is 17.2 Å². The van der Waals surface area contributed by atoms with Crippen molar-refractivity contribution in [3.05, 3.63) is 83.8 Å². The van der Waals surface area contributed by atoms with Gasteiger partial charge in [0.25, 0.3) is 0 Å². The molecule has 0 spiro atoms. The van der Waals surface area contributed by atoms with Gasteiger partial charge in [-0.25, -0.2) is 0 Å². The van der Waals surface area contributed by atoms with Crippen molar-refractivity contribution < 1.29 is 30.3 Å². The van der Waals surface area contributed by atoms with Crippen LogP contribution in [0.2, 0.25) is 0 Å². The van der Waals surface area contributed by atoms with E-state index in [0.29, 0.717) is 16.9 Å². The molecule has 3 aromatic rings. The summed E-state index contributed by atoms with van der Waals surface area (Å²) in [5, 5.41) is 11.3. The predicted molar refractivity (Wildman–Crippen MR) is 130 cm³/mol. The Morgan fingerprint density at radius 1 is 0.879 bits per heavy atom. The van der Waals surface area contributed by atoms with Gasteiger partial charge in [0.1, 0.15) is 0 Å². The Balaban J connectivity index is 1.98. The summed E-state index contributed by atoms with van der Waals surface area (Å²) in [6, 6.07) is 16.4. The maximum absolute atomic E-state index is 11.5. The fraction of sp³-hybridized carbons (Fsp3) is 0.136. The van der Waals surface area contributed by atoms with Gasteiger partial charge in [0.05, 0.1) is 0 Å². The molecule has 0 fully saturated rings. The summed E-state index contributed by atoms with van der Waals surface area (Å²) in [6.45, 7) is 1.74. The Morgan fingerprint density at radius 2 is 1.42 bits per heavy atom. The van der Waals surface area contributed by atoms with Gasteiger partial charge in [-0.05, 0) is 0 Å². The van der Waals surface area contributed by atoms with E-state index >= 15 is 0 Å². The summed E-state index contributed by atoms with van der Waals surface area (Å²) in [6.07, 6.45) is 3.85. The van der Waals surface area contributed by atoms with Gasteiger partial charge in [0, 0.05) is 0 Å². The Labute approximate surface area is 198 Å². The van der Waals surface area contributed by atoms with Crippen LogP contribution in [0.4, 0.5) is 0 Å². The van der Waals surface area contributed by atoms with Crippen molar-refractivity contribution in [2.45, 2.75) is 4.79 Å². The van der Waals surface area contributed by atoms with E-state index in [0.717, 1.165) is 22.9 Å². The molecule has 0 saturated heterocycles. The van der Waals surface area contributed by atoms with Gasteiger partial charge in [0.2, 0.25) is 0 Å². The van der Waals surface area contributed by atoms with Gasteiger partial charge in [-0.1, -0.05) is 0 Å². The van der Waals surface area contributed by atoms with Gasteiger partial charge in [-0.15, -0.1) is 0 Å². The molecule has 0 N–H and O–H groups in total. The first-order chi connectivity index (χ1) is 15.5. The molecule has 33 heavy (non-hydrogen) atoms. The molecule has 0 saturated carbocycles. The van der Waals surface area contributed by atoms with E-state index in [1.807, 2.05) is 6.08 Å². The van der Waals surface area contributed by atoms with Gasteiger partial charge in [-0.2, -0.15) is 0 Å². The van der Waals surface area contributed by atoms with Crippen molar-refractivity contribution >= 4 is 44.5 Å². The summed E-state index contributed by atoms with van der Waals surface area (Å²) in [4.78, 5) is 0.911. The number of rotatable bonds is 9. The average Bonchev–Trinajstić information content (AvgIpc) is 2.70. The topological polar surface area (TPSA) is 107 Å². The second-order valence-electron chi connectivity index (χ2n) is 7.03. The summed E-state index contributed by atoms with van der Waals surface area (Å²) in [5.41, 5.74) is 2.06. The zero-order valence-corrected chi connectivity index (χ0v) is 20.2. The minimum atomic E-state index is -3.70. The fourth-order valence-corrected chi connectivity index (χ4v) is 4.62. The van der Waals surface area contributed by atoms with Crippen LogP contribution >= 0.6 is 11.8 Å². The molecule has 0 aliphatic rings. The van der Waals surface area contributed by atoms with E-state index in [4.69, 9.17) is 8.37 Å². The van der Waals surface area contributed by atoms with Gasteiger partial charge >= 0.3 is 199 Å². The zero-order chi connectivity index (χ0) is 24.1. The van der Waals surface area contributed by atoms with E-state index in [1.54, 1.807) is 49.4 Å². The van der Waals surface area contributed by atoms with Crippen molar-refractivity contribution in [3.63, 3.8) is 0 Å². The third kappa shape index (κ3) is 8.27. The van der Waals surface area contributed by atoms with Crippen LogP contribution in [0.1, 0.15) is 11.1 Å². The molecule has 2 aromatic carbocycles. The SMILES string of the molecule is CS(=O)(=O)Oc1cccc(C(=CCSc2bcc([O])cc2)c2cccc(OS(C)(=O)=O)c2)c1. The van der Waals surface area contributed by atoms with Crippen molar-refractivity contribution in [1.29, 1.82) is 0 Å². The Morgan fingerprint density at radius 3 is 1.88 bits per heavy atom. The monoisotopic (exact) mass is 503 g/mol. The minimum absolute atomic E-state index is 0.0686. The van der Waals surface area contributed by atoms with Crippen LogP contribution in [-0.4, -0.2) is 42.0 Å². The van der Waals surface area contributed by atoms with Crippen LogP contribution in [0.5, 0.6) is 17.2 Å². The zero-order valence-electron chi connectivity index (χ0n) is 17.8. The van der Waals surface area contributed by atoms with E-state index in [1.165, 1.54) is 35.9 Å². The standard InChI is InChI=1S/C22H20BO7S3/c1-32(25,26)29-19-7-3-5-16(13-19)21(11-12-31-22-10-9-18(24)15-23-22)17-6-4-8-20(14-17)30-33(2,27)28/h3-11,13-15H,12H2,1-2H3. The molecule has 1 heterocycles. The molecule has 3 rings (SSSR count). The van der Waals surface area contributed by atoms with Crippen LogP contribution in [0.25, 0.3) is 5.57 Å². The first kappa shape index (κ1) is 24.9. The molecule has 0 aliphatic heterocycles. The Bertz CT molecular complexity index is 1290. The van der Waals surface area contributed by atoms with Crippen LogP contribution in [-0.2, 0) is 25.3 Å². The number of hydrogen-bond acceptors (Lipinski definition) is 7. The molecular formula is C22H20BO7S3. The van der Waals surface area contributed by atoms with Crippen LogP contribution in [0.15, 0.2) is 77.5 Å². The summed E-state index contributed by atoms with van der Waals surface area (Å²) >= 11 is 1.51. The summed E-state index contributed by atoms with van der Waals surface area (Å²) in [5.74, 6) is 2.26. The molecule has 1 radical (unpaired) electrons. The van der Waals surface area contributed by atoms with Crippen LogP contribution in [0, 0.1) is 0 Å². The van der Waals surface area contributed by atoms with E-state index in [9.17, 15) is 21.9 Å². The summed E-state index contributed by atoms with van der Waals surface area (Å²) < 4.78 is 56.2. The molecule has 0 amide bonds. The van der Waals surface area contributed by atoms with Crippen molar-refractivity contribution in [2.24, 2.45) is 0 Å². The maximum atomic E-state index is 11.5. The molecule has 0 aliphatic carbocycles. The molecule has 11 heteroatoms. The van der Waals surface area contributed by atoms with Gasteiger partial charge < -0.3 is 0 Å². The predicted octanol–water partition coefficient (Wildman–Crippen LogP) is 4.07. The molecule has 1 aromatic heterocycles. The van der Waals surface area contributed by atoms with Crippen molar-refractivity contribution in [1.82, 2.24) is 0 Å². The van der Waals surface area contributed by atoms with E-state index < -0.39 is 20.2 Å². The van der Waals surface area contributed by atoms with Crippen LogP contribution in [0.3, 0.4) is 0 Å². The average molecular weight is 503 g/mol. The molecule has 0 atom stereocenters. The number of hydrogen-bond donors (Lipinski definition) is 0. The molecular weight excluding hydrogens is 483 g/mol. The van der Waals surface area contributed by atoms with Gasteiger partial charge in [-0.3, -0.25) is 0 Å². The quantitative estimate of drug-likeness (QED) is 0.320. The summed E-state index contributed by atoms with van der Waals surface area (Å²) in [7, 11) is -7.41. The third-order valence-electron chi connectivity index (χ3n) is 4.15. The first-order valence-electron chi connectivity index (χ1n) is 9.58. The Kier molecular flexibility index (Phi) is 7.88. The van der Waals surface area contributed by atoms with Crippen LogP contribution < -0.4 is 8.37 Å². The fourth-order valence-electron chi connectivity index (χ4n) is 2.94. The molecule has 0 unspecified atom stereocenters. The first-order valence-corrected chi connectivity index (χ1v) is 14.2. The normalized spacial score (nSPS) is 11.5. The van der Waals surface area contributed by atoms with Gasteiger partial charge in [0.15, 0.2) is 0 Å². The molecule has 171 valence electrons.